The fourth-order valence-corrected chi connectivity index (χ4v) is 2.90. The number of anilines is 2. The van der Waals surface area contributed by atoms with E-state index in [0.717, 1.165) is 42.7 Å². The van der Waals surface area contributed by atoms with E-state index in [4.69, 9.17) is 0 Å². The van der Waals surface area contributed by atoms with Gasteiger partial charge in [-0.1, -0.05) is 32.0 Å². The Balaban J connectivity index is 2.32. The smallest absolute Gasteiger partial charge is 0.272 e. The first-order valence-corrected chi connectivity index (χ1v) is 8.94. The molecule has 5 nitrogen and oxygen atoms in total. The molecule has 0 atom stereocenters. The highest BCUT2D eigenvalue weighted by atomic mass is 16.2. The molecule has 0 aliphatic rings. The predicted molar refractivity (Wildman–Crippen MR) is 102 cm³/mol. The normalized spacial score (nSPS) is 10.6. The van der Waals surface area contributed by atoms with Crippen LogP contribution in [0.2, 0.25) is 0 Å². The maximum atomic E-state index is 12.8. The van der Waals surface area contributed by atoms with Gasteiger partial charge in [0, 0.05) is 24.8 Å². The van der Waals surface area contributed by atoms with Gasteiger partial charge < -0.3 is 10.2 Å². The summed E-state index contributed by atoms with van der Waals surface area (Å²) in [5.41, 5.74) is 3.76. The van der Waals surface area contributed by atoms with Crippen LogP contribution in [0.4, 0.5) is 11.5 Å². The van der Waals surface area contributed by atoms with Crippen molar-refractivity contribution in [3.8, 4) is 0 Å². The molecule has 0 aliphatic carbocycles. The lowest BCUT2D eigenvalue weighted by molar-refractivity contribution is 0.0749. The van der Waals surface area contributed by atoms with Crippen molar-refractivity contribution in [2.24, 2.45) is 0 Å². The molecule has 1 amide bonds. The van der Waals surface area contributed by atoms with Crippen LogP contribution in [0.15, 0.2) is 24.3 Å². The van der Waals surface area contributed by atoms with Crippen LogP contribution in [-0.4, -0.2) is 33.9 Å². The monoisotopic (exact) mass is 340 g/mol. The number of hydrogen-bond donors (Lipinski definition) is 1. The summed E-state index contributed by atoms with van der Waals surface area (Å²) in [6, 6.07) is 7.89. The maximum absolute atomic E-state index is 12.8. The molecule has 0 saturated heterocycles. The van der Waals surface area contributed by atoms with Gasteiger partial charge in [-0.15, -0.1) is 0 Å². The van der Waals surface area contributed by atoms with E-state index in [2.05, 4.69) is 55.1 Å². The molecule has 0 radical (unpaired) electrons. The van der Waals surface area contributed by atoms with Gasteiger partial charge in [0.25, 0.3) is 5.91 Å². The standard InChI is InChI=1S/C20H28N4O/c1-6-11-24(12-7-2)20(25)17-13-18(22-16(5)21-17)23-19-14(3)9-8-10-15(19)4/h8-10,13H,6-7,11-12H2,1-5H3,(H,21,22,23). The van der Waals surface area contributed by atoms with Gasteiger partial charge in [-0.05, 0) is 44.7 Å². The van der Waals surface area contributed by atoms with Gasteiger partial charge in [0.05, 0.1) is 0 Å². The van der Waals surface area contributed by atoms with E-state index in [0.29, 0.717) is 17.3 Å². The molecule has 1 aromatic heterocycles. The van der Waals surface area contributed by atoms with Crippen molar-refractivity contribution in [1.29, 1.82) is 0 Å². The molecule has 0 bridgehead atoms. The third-order valence-corrected chi connectivity index (χ3v) is 4.07. The van der Waals surface area contributed by atoms with Crippen molar-refractivity contribution in [1.82, 2.24) is 14.9 Å². The van der Waals surface area contributed by atoms with Gasteiger partial charge in [-0.3, -0.25) is 4.79 Å². The average molecular weight is 340 g/mol. The lowest BCUT2D eigenvalue weighted by Crippen LogP contribution is -2.33. The van der Waals surface area contributed by atoms with Crippen LogP contribution in [0.25, 0.3) is 0 Å². The molecular weight excluding hydrogens is 312 g/mol. The third kappa shape index (κ3) is 4.78. The molecule has 1 N–H and O–H groups in total. The number of nitrogens with zero attached hydrogens (tertiary/aromatic N) is 3. The van der Waals surface area contributed by atoms with Gasteiger partial charge in [-0.2, -0.15) is 0 Å². The van der Waals surface area contributed by atoms with E-state index in [1.54, 1.807) is 6.07 Å². The summed E-state index contributed by atoms with van der Waals surface area (Å²) in [5.74, 6) is 1.22. The maximum Gasteiger partial charge on any atom is 0.272 e. The number of hydrogen-bond acceptors (Lipinski definition) is 4. The first-order chi connectivity index (χ1) is 12.0. The molecule has 0 saturated carbocycles. The van der Waals surface area contributed by atoms with Crippen LogP contribution >= 0.6 is 0 Å². The first kappa shape index (κ1) is 18.9. The molecule has 5 heteroatoms. The number of amides is 1. The van der Waals surface area contributed by atoms with E-state index in [1.165, 1.54) is 0 Å². The van der Waals surface area contributed by atoms with Gasteiger partial charge in [0.15, 0.2) is 0 Å². The zero-order chi connectivity index (χ0) is 18.4. The SMILES string of the molecule is CCCN(CCC)C(=O)c1cc(Nc2c(C)cccc2C)nc(C)n1. The van der Waals surface area contributed by atoms with Crippen molar-refractivity contribution in [3.63, 3.8) is 0 Å². The Morgan fingerprint density at radius 2 is 1.64 bits per heavy atom. The topological polar surface area (TPSA) is 58.1 Å². The van der Waals surface area contributed by atoms with Crippen molar-refractivity contribution in [3.05, 3.63) is 46.9 Å². The highest BCUT2D eigenvalue weighted by molar-refractivity contribution is 5.93. The van der Waals surface area contributed by atoms with Crippen LogP contribution in [0.1, 0.15) is 54.1 Å². The predicted octanol–water partition coefficient (Wildman–Crippen LogP) is 4.41. The van der Waals surface area contributed by atoms with Crippen molar-refractivity contribution in [2.45, 2.75) is 47.5 Å². The minimum absolute atomic E-state index is 0.0289. The highest BCUT2D eigenvalue weighted by Crippen LogP contribution is 2.23. The van der Waals surface area contributed by atoms with Crippen molar-refractivity contribution >= 4 is 17.4 Å². The fraction of sp³-hybridized carbons (Fsp3) is 0.450. The molecule has 0 aliphatic heterocycles. The average Bonchev–Trinajstić information content (AvgIpc) is 2.57. The van der Waals surface area contributed by atoms with Crippen LogP contribution in [0, 0.1) is 20.8 Å². The summed E-state index contributed by atoms with van der Waals surface area (Å²) in [7, 11) is 0. The molecule has 1 heterocycles. The molecule has 134 valence electrons. The number of carbonyl (C=O) groups is 1. The van der Waals surface area contributed by atoms with E-state index in [9.17, 15) is 4.79 Å². The van der Waals surface area contributed by atoms with E-state index in [-0.39, 0.29) is 5.91 Å². The van der Waals surface area contributed by atoms with Crippen LogP contribution in [0.5, 0.6) is 0 Å². The van der Waals surface area contributed by atoms with E-state index < -0.39 is 0 Å². The van der Waals surface area contributed by atoms with Crippen LogP contribution in [-0.2, 0) is 0 Å². The van der Waals surface area contributed by atoms with E-state index >= 15 is 0 Å². The molecule has 2 rings (SSSR count). The minimum Gasteiger partial charge on any atom is -0.340 e. The van der Waals surface area contributed by atoms with Crippen LogP contribution in [0.3, 0.4) is 0 Å². The lowest BCUT2D eigenvalue weighted by atomic mass is 10.1. The molecule has 0 fully saturated rings. The summed E-state index contributed by atoms with van der Waals surface area (Å²) in [6.45, 7) is 11.6. The Labute approximate surface area is 150 Å². The lowest BCUT2D eigenvalue weighted by Gasteiger charge is -2.21. The van der Waals surface area contributed by atoms with Crippen LogP contribution < -0.4 is 5.32 Å². The molecule has 1 aromatic carbocycles. The largest absolute Gasteiger partial charge is 0.340 e. The van der Waals surface area contributed by atoms with Crippen molar-refractivity contribution in [2.75, 3.05) is 18.4 Å². The number of carbonyl (C=O) groups excluding carboxylic acids is 1. The summed E-state index contributed by atoms with van der Waals surface area (Å²) in [4.78, 5) is 23.5. The molecule has 0 unspecified atom stereocenters. The Morgan fingerprint density at radius 3 is 2.20 bits per heavy atom. The number of benzene rings is 1. The fourth-order valence-electron chi connectivity index (χ4n) is 2.90. The molecule has 0 spiro atoms. The first-order valence-electron chi connectivity index (χ1n) is 8.94. The van der Waals surface area contributed by atoms with Gasteiger partial charge >= 0.3 is 0 Å². The quantitative estimate of drug-likeness (QED) is 0.811. The Hall–Kier alpha value is -2.43. The highest BCUT2D eigenvalue weighted by Gasteiger charge is 2.17. The van der Waals surface area contributed by atoms with Crippen molar-refractivity contribution < 1.29 is 4.79 Å². The summed E-state index contributed by atoms with van der Waals surface area (Å²) in [5, 5.41) is 3.36. The zero-order valence-corrected chi connectivity index (χ0v) is 15.9. The Morgan fingerprint density at radius 1 is 1.04 bits per heavy atom. The van der Waals surface area contributed by atoms with E-state index in [1.807, 2.05) is 17.9 Å². The number of nitrogens with one attached hydrogen (secondary N) is 1. The second-order valence-electron chi connectivity index (χ2n) is 6.37. The summed E-state index contributed by atoms with van der Waals surface area (Å²) < 4.78 is 0. The Bertz CT molecular complexity index is 716. The number of aryl methyl sites for hydroxylation is 3. The minimum atomic E-state index is -0.0289. The Kier molecular flexibility index (Phi) is 6.51. The summed E-state index contributed by atoms with van der Waals surface area (Å²) >= 11 is 0. The summed E-state index contributed by atoms with van der Waals surface area (Å²) in [6.07, 6.45) is 1.87. The van der Waals surface area contributed by atoms with Gasteiger partial charge in [0.1, 0.15) is 17.3 Å². The molecule has 25 heavy (non-hydrogen) atoms. The third-order valence-electron chi connectivity index (χ3n) is 4.07. The van der Waals surface area contributed by atoms with Gasteiger partial charge in [0.2, 0.25) is 0 Å². The molecular formula is C20H28N4O. The zero-order valence-electron chi connectivity index (χ0n) is 15.9. The number of aromatic nitrogens is 2. The number of para-hydroxylation sites is 1. The number of rotatable bonds is 7. The molecule has 2 aromatic rings. The van der Waals surface area contributed by atoms with Gasteiger partial charge in [-0.25, -0.2) is 9.97 Å². The second kappa shape index (κ2) is 8.60. The second-order valence-corrected chi connectivity index (χ2v) is 6.37.